The van der Waals surface area contributed by atoms with Gasteiger partial charge in [-0.15, -0.1) is 5.75 Å². The molecule has 0 saturated carbocycles. The number of benzene rings is 2. The number of carboxylic acid groups (broad SMARTS) is 3. The van der Waals surface area contributed by atoms with Gasteiger partial charge >= 0.3 is 118 Å². The molecule has 314 valence electrons. The van der Waals surface area contributed by atoms with Gasteiger partial charge in [0.15, 0.2) is 0 Å². The number of ether oxygens (including phenoxy) is 1. The Hall–Kier alpha value is -2.39. The van der Waals surface area contributed by atoms with Gasteiger partial charge < -0.3 is 50.0 Å². The minimum atomic E-state index is -1.46. The number of carboxylic acids is 3. The van der Waals surface area contributed by atoms with Crippen LogP contribution in [-0.4, -0.2) is 106 Å². The van der Waals surface area contributed by atoms with Crippen molar-refractivity contribution in [1.82, 2.24) is 24.7 Å². The number of hydrogen-bond donors (Lipinski definition) is 2. The number of anilines is 1. The van der Waals surface area contributed by atoms with Crippen LogP contribution in [0, 0.1) is 0 Å². The largest absolute Gasteiger partial charge is 1.00 e. The summed E-state index contributed by atoms with van der Waals surface area (Å²) < 4.78 is 6.55. The second-order valence-corrected chi connectivity index (χ2v) is 14.5. The second-order valence-electron chi connectivity index (χ2n) is 14.5. The van der Waals surface area contributed by atoms with Crippen molar-refractivity contribution in [2.24, 2.45) is 0 Å². The Morgan fingerprint density at radius 3 is 2.00 bits per heavy atom. The summed E-state index contributed by atoms with van der Waals surface area (Å²) in [4.78, 5) is 50.4. The summed E-state index contributed by atoms with van der Waals surface area (Å²) in [5, 5.41) is 64.5. The minimum absolute atomic E-state index is 0. The first-order valence-corrected chi connectivity index (χ1v) is 19.8. The van der Waals surface area contributed by atoms with Gasteiger partial charge in [0.1, 0.15) is 11.5 Å². The number of allylic oxidation sites excluding steroid dienone is 1. The Morgan fingerprint density at radius 1 is 0.766 bits per heavy atom. The first kappa shape index (κ1) is 57.7. The molecule has 0 bridgehead atoms. The van der Waals surface area contributed by atoms with E-state index in [9.17, 15) is 39.9 Å². The molecule has 0 saturated heterocycles. The molecule has 2 aromatic carbocycles. The van der Waals surface area contributed by atoms with E-state index in [1.165, 1.54) is 34.1 Å². The van der Waals surface area contributed by atoms with Gasteiger partial charge in [0, 0.05) is 116 Å². The molecule has 6 rings (SSSR count). The van der Waals surface area contributed by atoms with Gasteiger partial charge in [0.2, 0.25) is 0 Å². The number of aromatic nitrogens is 2. The van der Waals surface area contributed by atoms with Crippen LogP contribution in [-0.2, 0) is 29.1 Å². The van der Waals surface area contributed by atoms with E-state index in [4.69, 9.17) is 4.74 Å². The van der Waals surface area contributed by atoms with Crippen LogP contribution in [0.5, 0.6) is 11.5 Å². The fraction of sp³-hybridized carbons (Fsp3) is 0.311. The van der Waals surface area contributed by atoms with Crippen LogP contribution < -0.4 is 149 Å². The Kier molecular flexibility index (Phi) is 25.3. The molecule has 1 aliphatic carbocycles. The van der Waals surface area contributed by atoms with Gasteiger partial charge in [-0.05, 0) is 55.1 Å². The van der Waals surface area contributed by atoms with Crippen LogP contribution in [0.3, 0.4) is 0 Å². The minimum Gasteiger partial charge on any atom is -0.872 e. The molecule has 3 heterocycles. The standard InChI is InChI=1S/C45H50N6O9.4Na/c1-3-49(27-40(54)55)25-36-38(52)15-13-33-42(34-14-16-39(53)37(44(34)60-43(33)36)26-50(4-2)28-41(56)57)35-23-30(11-12-32(35)45(58)59)48-20-22-51(24-31-10-6-8-19-47-31)21-17-29-9-5-7-18-46-29;;;;/h5-16,18-19,23,38,48,52-53H,3-4,17,20-22,24-28H2,1-2H3,(H,54,55)(H,56,57)(H,58,59);;;;/q;4*+1/p-4. The van der Waals surface area contributed by atoms with Crippen molar-refractivity contribution in [3.63, 3.8) is 0 Å². The maximum atomic E-state index is 13.6. The number of hydrogen-bond acceptors (Lipinski definition) is 15. The molecule has 64 heavy (non-hydrogen) atoms. The number of rotatable bonds is 21. The van der Waals surface area contributed by atoms with E-state index in [0.29, 0.717) is 48.6 Å². The molecule has 0 amide bonds. The third-order valence-corrected chi connectivity index (χ3v) is 10.5. The molecule has 1 aliphatic heterocycles. The average molecular weight is 907 g/mol. The summed E-state index contributed by atoms with van der Waals surface area (Å²) in [6.45, 7) is 5.23. The summed E-state index contributed by atoms with van der Waals surface area (Å²) in [5.74, 6) is -4.42. The fourth-order valence-corrected chi connectivity index (χ4v) is 7.37. The van der Waals surface area contributed by atoms with Crippen molar-refractivity contribution in [3.8, 4) is 11.5 Å². The molecule has 0 fully saturated rings. The van der Waals surface area contributed by atoms with E-state index in [1.54, 1.807) is 44.4 Å². The third-order valence-electron chi connectivity index (χ3n) is 10.5. The molecule has 15 nitrogen and oxygen atoms in total. The summed E-state index contributed by atoms with van der Waals surface area (Å²) in [7, 11) is 0. The first-order valence-electron chi connectivity index (χ1n) is 19.8. The van der Waals surface area contributed by atoms with Gasteiger partial charge in [-0.25, -0.2) is 0 Å². The number of pyridine rings is 2. The zero-order valence-corrected chi connectivity index (χ0v) is 45.5. The number of fused-ring (bicyclic) bond motifs is 2. The van der Waals surface area contributed by atoms with Crippen molar-refractivity contribution in [2.75, 3.05) is 57.7 Å². The molecule has 2 N–H and O–H groups in total. The Labute approximate surface area is 461 Å². The zero-order valence-electron chi connectivity index (χ0n) is 37.5. The van der Waals surface area contributed by atoms with Crippen molar-refractivity contribution in [3.05, 3.63) is 142 Å². The van der Waals surface area contributed by atoms with E-state index < -0.39 is 42.9 Å². The van der Waals surface area contributed by atoms with E-state index in [1.807, 2.05) is 36.4 Å². The van der Waals surface area contributed by atoms with Crippen LogP contribution >= 0.6 is 0 Å². The van der Waals surface area contributed by atoms with E-state index >= 15 is 0 Å². The van der Waals surface area contributed by atoms with Gasteiger partial charge in [0.05, 0.1) is 29.7 Å². The van der Waals surface area contributed by atoms with E-state index in [0.717, 1.165) is 17.8 Å². The number of aromatic carboxylic acids is 1. The maximum absolute atomic E-state index is 13.6. The molecule has 2 aromatic heterocycles. The summed E-state index contributed by atoms with van der Waals surface area (Å²) in [5.41, 5.74) is 3.99. The Bertz CT molecular complexity index is 2300. The Balaban J connectivity index is 0.00000352. The number of aliphatic hydroxyl groups is 1. The van der Waals surface area contributed by atoms with Crippen molar-refractivity contribution in [1.29, 1.82) is 0 Å². The molecule has 2 aliphatic rings. The van der Waals surface area contributed by atoms with Crippen LogP contribution in [0.2, 0.25) is 0 Å². The molecule has 4 aromatic rings. The summed E-state index contributed by atoms with van der Waals surface area (Å²) in [6, 6.07) is 19.2. The number of nitrogens with zero attached hydrogens (tertiary/aromatic N) is 5. The molecule has 0 radical (unpaired) electrons. The van der Waals surface area contributed by atoms with Crippen LogP contribution in [0.1, 0.15) is 52.3 Å². The molecule has 1 unspecified atom stereocenters. The maximum Gasteiger partial charge on any atom is 1.00 e. The first-order chi connectivity index (χ1) is 28.9. The number of likely N-dealkylation sites (N-methyl/N-ethyl adjacent to an activating group) is 2. The van der Waals surface area contributed by atoms with Gasteiger partial charge in [-0.2, -0.15) is 0 Å². The Morgan fingerprint density at radius 2 is 1.41 bits per heavy atom. The topological polar surface area (TPSA) is 220 Å². The van der Waals surface area contributed by atoms with Crippen LogP contribution in [0.25, 0.3) is 5.57 Å². The van der Waals surface area contributed by atoms with Crippen LogP contribution in [0.15, 0.2) is 108 Å². The predicted molar refractivity (Wildman–Crippen MR) is 215 cm³/mol. The number of nitrogens with one attached hydrogen (secondary N) is 1. The second kappa shape index (κ2) is 28.1. The number of carbonyl (C=O) groups excluding carboxylic acids is 3. The van der Waals surface area contributed by atoms with Gasteiger partial charge in [0.25, 0.3) is 0 Å². The SMILES string of the molecule is CCN(CC(=O)[O-])CC1=C2Oc3c(ccc([O-])c3CN(CC)CC(=O)[O-])C(c3cc(NCCN(CCc4ccccn4)Cc4ccccn4)ccc3C(=O)[O-])=C2C=CC1O.[Na+].[Na+].[Na+].[Na+]. The van der Waals surface area contributed by atoms with Crippen molar-refractivity contribution < 1.29 is 163 Å². The molecule has 1 atom stereocenters. The molecular formula is C45H46N6Na4O9. The number of aliphatic carboxylic acids is 2. The number of aliphatic hydroxyl groups excluding tert-OH is 1. The zero-order chi connectivity index (χ0) is 42.8. The predicted octanol–water partition coefficient (Wildman–Crippen LogP) is -11.9. The molecule has 0 spiro atoms. The smallest absolute Gasteiger partial charge is 0.872 e. The van der Waals surface area contributed by atoms with Crippen molar-refractivity contribution in [2.45, 2.75) is 39.5 Å². The average Bonchev–Trinajstić information content (AvgIpc) is 3.23. The number of carbonyl (C=O) groups is 3. The quantitative estimate of drug-likeness (QED) is 0.0742. The van der Waals surface area contributed by atoms with Gasteiger partial charge in [-0.3, -0.25) is 24.7 Å². The molecule has 19 heteroatoms. The monoisotopic (exact) mass is 906 g/mol. The van der Waals surface area contributed by atoms with Gasteiger partial charge in [-0.1, -0.05) is 56.3 Å². The summed E-state index contributed by atoms with van der Waals surface area (Å²) in [6.07, 6.45) is 6.11. The van der Waals surface area contributed by atoms with E-state index in [-0.39, 0.29) is 178 Å². The molecular weight excluding hydrogens is 860 g/mol. The van der Waals surface area contributed by atoms with E-state index in [2.05, 4.69) is 20.2 Å². The fourth-order valence-electron chi connectivity index (χ4n) is 7.37. The third kappa shape index (κ3) is 15.3. The van der Waals surface area contributed by atoms with Crippen molar-refractivity contribution >= 4 is 29.2 Å². The normalized spacial score (nSPS) is 13.8. The van der Waals surface area contributed by atoms with Crippen LogP contribution in [0.4, 0.5) is 5.69 Å². The summed E-state index contributed by atoms with van der Waals surface area (Å²) >= 11 is 0.